The average Bonchev–Trinajstić information content (AvgIpc) is 3.34. The number of carbonyl (C=O) groups excluding carboxylic acids is 1. The lowest BCUT2D eigenvalue weighted by Gasteiger charge is -2.32. The molecule has 1 aliphatic carbocycles. The van der Waals surface area contributed by atoms with E-state index in [0.29, 0.717) is 6.54 Å². The molecular formula is C18H27NO2. The molecule has 0 heterocycles. The molecule has 0 bridgehead atoms. The van der Waals surface area contributed by atoms with Gasteiger partial charge in [0.1, 0.15) is 0 Å². The highest BCUT2D eigenvalue weighted by Crippen LogP contribution is 2.48. The standard InChI is InChI=1S/C18H27NO2/c1-3-17(4-2,12-13-20)14-19-16(21)18(10-11-18)15-8-6-5-7-9-15/h5-9,20H,3-4,10-14H2,1-2H3,(H,19,21). The largest absolute Gasteiger partial charge is 0.396 e. The summed E-state index contributed by atoms with van der Waals surface area (Å²) in [5.41, 5.74) is 0.855. The van der Waals surface area contributed by atoms with Crippen molar-refractivity contribution in [3.63, 3.8) is 0 Å². The molecule has 3 heteroatoms. The lowest BCUT2D eigenvalue weighted by atomic mass is 9.79. The van der Waals surface area contributed by atoms with Crippen LogP contribution in [0.2, 0.25) is 0 Å². The highest BCUT2D eigenvalue weighted by atomic mass is 16.3. The highest BCUT2D eigenvalue weighted by molar-refractivity contribution is 5.91. The van der Waals surface area contributed by atoms with Gasteiger partial charge < -0.3 is 10.4 Å². The van der Waals surface area contributed by atoms with Gasteiger partial charge in [-0.3, -0.25) is 4.79 Å². The van der Waals surface area contributed by atoms with Crippen LogP contribution in [0.5, 0.6) is 0 Å². The Morgan fingerprint density at radius 1 is 1.24 bits per heavy atom. The summed E-state index contributed by atoms with van der Waals surface area (Å²) in [6, 6.07) is 10.1. The van der Waals surface area contributed by atoms with Gasteiger partial charge in [-0.2, -0.15) is 0 Å². The maximum atomic E-state index is 12.6. The molecule has 1 aromatic rings. The summed E-state index contributed by atoms with van der Waals surface area (Å²) in [7, 11) is 0. The molecule has 21 heavy (non-hydrogen) atoms. The summed E-state index contributed by atoms with van der Waals surface area (Å²) in [6.45, 7) is 5.11. The highest BCUT2D eigenvalue weighted by Gasteiger charge is 2.51. The zero-order valence-corrected chi connectivity index (χ0v) is 13.2. The summed E-state index contributed by atoms with van der Waals surface area (Å²) in [6.07, 6.45) is 4.58. The Morgan fingerprint density at radius 3 is 2.33 bits per heavy atom. The molecule has 0 spiro atoms. The van der Waals surface area contributed by atoms with E-state index < -0.39 is 0 Å². The molecule has 1 saturated carbocycles. The van der Waals surface area contributed by atoms with Crippen molar-refractivity contribution in [2.75, 3.05) is 13.2 Å². The zero-order chi connectivity index (χ0) is 15.3. The van der Waals surface area contributed by atoms with Crippen molar-refractivity contribution in [3.05, 3.63) is 35.9 Å². The Labute approximate surface area is 127 Å². The van der Waals surface area contributed by atoms with Crippen LogP contribution in [0.25, 0.3) is 0 Å². The molecular weight excluding hydrogens is 262 g/mol. The molecule has 1 aliphatic rings. The van der Waals surface area contributed by atoms with E-state index in [0.717, 1.165) is 37.7 Å². The van der Waals surface area contributed by atoms with Crippen molar-refractivity contribution in [2.45, 2.75) is 51.4 Å². The summed E-state index contributed by atoms with van der Waals surface area (Å²) < 4.78 is 0. The van der Waals surface area contributed by atoms with Gasteiger partial charge in [0, 0.05) is 13.2 Å². The molecule has 116 valence electrons. The van der Waals surface area contributed by atoms with Crippen LogP contribution < -0.4 is 5.32 Å². The van der Waals surface area contributed by atoms with Crippen LogP contribution in [-0.4, -0.2) is 24.2 Å². The van der Waals surface area contributed by atoms with Crippen LogP contribution in [0.4, 0.5) is 0 Å². The molecule has 0 aliphatic heterocycles. The Morgan fingerprint density at radius 2 is 1.86 bits per heavy atom. The third-order valence-corrected chi connectivity index (χ3v) is 5.28. The third-order valence-electron chi connectivity index (χ3n) is 5.28. The monoisotopic (exact) mass is 289 g/mol. The van der Waals surface area contributed by atoms with E-state index in [1.165, 1.54) is 0 Å². The Bertz CT molecular complexity index is 461. The van der Waals surface area contributed by atoms with Gasteiger partial charge in [0.25, 0.3) is 0 Å². The molecule has 0 atom stereocenters. The summed E-state index contributed by atoms with van der Waals surface area (Å²) in [5.74, 6) is 0.151. The van der Waals surface area contributed by atoms with Crippen LogP contribution in [-0.2, 0) is 10.2 Å². The van der Waals surface area contributed by atoms with Crippen LogP contribution in [0.3, 0.4) is 0 Å². The number of carbonyl (C=O) groups is 1. The lowest BCUT2D eigenvalue weighted by Crippen LogP contribution is -2.42. The first-order valence-electron chi connectivity index (χ1n) is 8.07. The first-order valence-corrected chi connectivity index (χ1v) is 8.07. The quantitative estimate of drug-likeness (QED) is 0.773. The molecule has 2 N–H and O–H groups in total. The number of rotatable bonds is 8. The van der Waals surface area contributed by atoms with Crippen molar-refractivity contribution in [1.29, 1.82) is 0 Å². The van der Waals surface area contributed by atoms with Crippen molar-refractivity contribution >= 4 is 5.91 Å². The minimum atomic E-state index is -0.298. The number of aliphatic hydroxyl groups is 1. The molecule has 1 amide bonds. The minimum Gasteiger partial charge on any atom is -0.396 e. The average molecular weight is 289 g/mol. The summed E-state index contributed by atoms with van der Waals surface area (Å²) in [4.78, 5) is 12.6. The topological polar surface area (TPSA) is 49.3 Å². The van der Waals surface area contributed by atoms with Gasteiger partial charge >= 0.3 is 0 Å². The van der Waals surface area contributed by atoms with Crippen LogP contribution in [0.15, 0.2) is 30.3 Å². The van der Waals surface area contributed by atoms with E-state index in [2.05, 4.69) is 19.2 Å². The van der Waals surface area contributed by atoms with Crippen LogP contribution in [0.1, 0.15) is 51.5 Å². The summed E-state index contributed by atoms with van der Waals surface area (Å²) >= 11 is 0. The third kappa shape index (κ3) is 3.29. The first-order chi connectivity index (χ1) is 10.1. The molecule has 3 nitrogen and oxygen atoms in total. The molecule has 0 saturated heterocycles. The van der Waals surface area contributed by atoms with E-state index >= 15 is 0 Å². The van der Waals surface area contributed by atoms with Gasteiger partial charge in [-0.15, -0.1) is 0 Å². The summed E-state index contributed by atoms with van der Waals surface area (Å²) in [5, 5.41) is 12.4. The van der Waals surface area contributed by atoms with Gasteiger partial charge in [0.15, 0.2) is 0 Å². The van der Waals surface area contributed by atoms with Gasteiger partial charge in [-0.05, 0) is 43.1 Å². The molecule has 1 aromatic carbocycles. The van der Waals surface area contributed by atoms with E-state index in [-0.39, 0.29) is 23.3 Å². The maximum Gasteiger partial charge on any atom is 0.230 e. The molecule has 0 radical (unpaired) electrons. The van der Waals surface area contributed by atoms with Crippen LogP contribution in [0, 0.1) is 5.41 Å². The number of amides is 1. The maximum absolute atomic E-state index is 12.6. The van der Waals surface area contributed by atoms with Gasteiger partial charge in [0.2, 0.25) is 5.91 Å². The predicted molar refractivity (Wildman–Crippen MR) is 85.1 cm³/mol. The minimum absolute atomic E-state index is 0.0250. The molecule has 2 rings (SSSR count). The van der Waals surface area contributed by atoms with Crippen molar-refractivity contribution in [1.82, 2.24) is 5.32 Å². The molecule has 0 aromatic heterocycles. The normalized spacial score (nSPS) is 16.5. The number of hydrogen-bond donors (Lipinski definition) is 2. The zero-order valence-electron chi connectivity index (χ0n) is 13.2. The van der Waals surface area contributed by atoms with E-state index in [1.807, 2.05) is 30.3 Å². The van der Waals surface area contributed by atoms with Gasteiger partial charge in [0.05, 0.1) is 5.41 Å². The second kappa shape index (κ2) is 6.61. The van der Waals surface area contributed by atoms with Crippen molar-refractivity contribution in [3.8, 4) is 0 Å². The van der Waals surface area contributed by atoms with E-state index in [9.17, 15) is 9.90 Å². The number of aliphatic hydroxyl groups excluding tert-OH is 1. The first kappa shape index (κ1) is 16.0. The fourth-order valence-corrected chi connectivity index (χ4v) is 3.15. The van der Waals surface area contributed by atoms with Gasteiger partial charge in [-0.1, -0.05) is 44.2 Å². The second-order valence-corrected chi connectivity index (χ2v) is 6.31. The number of hydrogen-bond acceptors (Lipinski definition) is 2. The van der Waals surface area contributed by atoms with Crippen LogP contribution >= 0.6 is 0 Å². The molecule has 1 fully saturated rings. The second-order valence-electron chi connectivity index (χ2n) is 6.31. The SMILES string of the molecule is CCC(CC)(CCO)CNC(=O)C1(c2ccccc2)CC1. The Kier molecular flexibility index (Phi) is 5.04. The lowest BCUT2D eigenvalue weighted by molar-refractivity contribution is -0.124. The smallest absolute Gasteiger partial charge is 0.230 e. The van der Waals surface area contributed by atoms with Gasteiger partial charge in [-0.25, -0.2) is 0 Å². The Balaban J connectivity index is 2.02. The predicted octanol–water partition coefficient (Wildman–Crippen LogP) is 3.02. The van der Waals surface area contributed by atoms with Crippen molar-refractivity contribution in [2.24, 2.45) is 5.41 Å². The van der Waals surface area contributed by atoms with Crippen molar-refractivity contribution < 1.29 is 9.90 Å². The van der Waals surface area contributed by atoms with E-state index in [1.54, 1.807) is 0 Å². The fraction of sp³-hybridized carbons (Fsp3) is 0.611. The number of nitrogens with one attached hydrogen (secondary N) is 1. The van der Waals surface area contributed by atoms with E-state index in [4.69, 9.17) is 0 Å². The number of benzene rings is 1. The Hall–Kier alpha value is -1.35. The fourth-order valence-electron chi connectivity index (χ4n) is 3.15. The molecule has 0 unspecified atom stereocenters.